The highest BCUT2D eigenvalue weighted by Gasteiger charge is 2.17. The topological polar surface area (TPSA) is 98.3 Å². The Balaban J connectivity index is 2.59. The van der Waals surface area contributed by atoms with Crippen LogP contribution >= 0.6 is 0 Å². The van der Waals surface area contributed by atoms with Gasteiger partial charge in [-0.25, -0.2) is 9.48 Å². The Bertz CT molecular complexity index is 676. The highest BCUT2D eigenvalue weighted by atomic mass is 16.6. The second-order valence-corrected chi connectivity index (χ2v) is 4.60. The molecule has 0 aliphatic heterocycles. The second-order valence-electron chi connectivity index (χ2n) is 4.60. The first-order valence-corrected chi connectivity index (χ1v) is 5.98. The molecule has 1 N–H and O–H groups in total. The van der Waals surface area contributed by atoms with E-state index in [2.05, 4.69) is 5.10 Å². The van der Waals surface area contributed by atoms with E-state index < -0.39 is 10.9 Å². The van der Waals surface area contributed by atoms with Crippen molar-refractivity contribution in [3.05, 3.63) is 51.8 Å². The smallest absolute Gasteiger partial charge is 0.356 e. The van der Waals surface area contributed by atoms with Crippen molar-refractivity contribution in [2.45, 2.75) is 19.8 Å². The van der Waals surface area contributed by atoms with Gasteiger partial charge in [0.2, 0.25) is 0 Å². The van der Waals surface area contributed by atoms with E-state index in [0.29, 0.717) is 11.4 Å². The monoisotopic (exact) mass is 275 g/mol. The Labute approximate surface area is 114 Å². The molecule has 0 amide bonds. The van der Waals surface area contributed by atoms with E-state index in [1.54, 1.807) is 12.1 Å². The minimum Gasteiger partial charge on any atom is -0.476 e. The lowest BCUT2D eigenvalue weighted by atomic mass is 10.1. The highest BCUT2D eigenvalue weighted by molar-refractivity contribution is 5.85. The van der Waals surface area contributed by atoms with Gasteiger partial charge >= 0.3 is 5.97 Å². The Morgan fingerprint density at radius 2 is 2.10 bits per heavy atom. The van der Waals surface area contributed by atoms with Gasteiger partial charge in [0.1, 0.15) is 0 Å². The molecular weight excluding hydrogens is 262 g/mol. The molecule has 0 fully saturated rings. The summed E-state index contributed by atoms with van der Waals surface area (Å²) in [5.41, 5.74) is 1.00. The van der Waals surface area contributed by atoms with E-state index in [1.165, 1.54) is 22.9 Å². The van der Waals surface area contributed by atoms with E-state index in [4.69, 9.17) is 5.11 Å². The summed E-state index contributed by atoms with van der Waals surface area (Å²) in [5, 5.41) is 23.8. The lowest BCUT2D eigenvalue weighted by molar-refractivity contribution is -0.384. The number of carboxylic acid groups (broad SMARTS) is 1. The molecule has 0 radical (unpaired) electrons. The normalized spacial score (nSPS) is 10.8. The molecule has 0 aliphatic carbocycles. The van der Waals surface area contributed by atoms with Gasteiger partial charge in [-0.15, -0.1) is 0 Å². The van der Waals surface area contributed by atoms with Crippen molar-refractivity contribution >= 4 is 11.7 Å². The zero-order chi connectivity index (χ0) is 14.9. The quantitative estimate of drug-likeness (QED) is 0.683. The van der Waals surface area contributed by atoms with Crippen molar-refractivity contribution in [3.8, 4) is 5.69 Å². The largest absolute Gasteiger partial charge is 0.476 e. The van der Waals surface area contributed by atoms with Crippen LogP contribution in [0.1, 0.15) is 35.9 Å². The van der Waals surface area contributed by atoms with Crippen LogP contribution in [-0.2, 0) is 0 Å². The summed E-state index contributed by atoms with van der Waals surface area (Å²) in [6, 6.07) is 7.41. The van der Waals surface area contributed by atoms with E-state index in [9.17, 15) is 14.9 Å². The predicted molar refractivity (Wildman–Crippen MR) is 71.3 cm³/mol. The molecule has 0 unspecified atom stereocenters. The van der Waals surface area contributed by atoms with Gasteiger partial charge in [0.15, 0.2) is 5.69 Å². The molecule has 0 saturated carbocycles. The Morgan fingerprint density at radius 1 is 1.40 bits per heavy atom. The SMILES string of the molecule is CC(C)c1cc(C(=O)O)nn1-c1cccc([N+](=O)[O-])c1. The number of carbonyl (C=O) groups is 1. The fourth-order valence-corrected chi connectivity index (χ4v) is 1.86. The molecule has 0 atom stereocenters. The van der Waals surface area contributed by atoms with Gasteiger partial charge in [-0.3, -0.25) is 10.1 Å². The number of aromatic nitrogens is 2. The molecule has 104 valence electrons. The molecule has 7 heteroatoms. The Hall–Kier alpha value is -2.70. The van der Waals surface area contributed by atoms with Crippen LogP contribution in [0.2, 0.25) is 0 Å². The Kier molecular flexibility index (Phi) is 3.51. The molecule has 2 rings (SSSR count). The second kappa shape index (κ2) is 5.12. The molecule has 0 bridgehead atoms. The minimum absolute atomic E-state index is 0.0369. The van der Waals surface area contributed by atoms with Gasteiger partial charge in [-0.1, -0.05) is 19.9 Å². The van der Waals surface area contributed by atoms with Crippen LogP contribution in [0.15, 0.2) is 30.3 Å². The molecule has 2 aromatic rings. The van der Waals surface area contributed by atoms with Crippen LogP contribution in [-0.4, -0.2) is 25.8 Å². The molecule has 7 nitrogen and oxygen atoms in total. The maximum Gasteiger partial charge on any atom is 0.356 e. The van der Waals surface area contributed by atoms with Crippen molar-refractivity contribution in [1.82, 2.24) is 9.78 Å². The van der Waals surface area contributed by atoms with Gasteiger partial charge in [0.05, 0.1) is 10.6 Å². The van der Waals surface area contributed by atoms with Crippen LogP contribution < -0.4 is 0 Å². The van der Waals surface area contributed by atoms with Crippen molar-refractivity contribution in [2.24, 2.45) is 0 Å². The molecule has 0 aliphatic rings. The molecule has 20 heavy (non-hydrogen) atoms. The summed E-state index contributed by atoms with van der Waals surface area (Å²) in [4.78, 5) is 21.3. The number of nitrogens with zero attached hydrogens (tertiary/aromatic N) is 3. The number of benzene rings is 1. The first-order chi connectivity index (χ1) is 9.40. The third-order valence-electron chi connectivity index (χ3n) is 2.83. The zero-order valence-electron chi connectivity index (χ0n) is 11.0. The summed E-state index contributed by atoms with van der Waals surface area (Å²) in [7, 11) is 0. The molecular formula is C13H13N3O4. The van der Waals surface area contributed by atoms with Crippen molar-refractivity contribution in [1.29, 1.82) is 0 Å². The summed E-state index contributed by atoms with van der Waals surface area (Å²) >= 11 is 0. The molecule has 1 aromatic heterocycles. The zero-order valence-corrected chi connectivity index (χ0v) is 11.0. The van der Waals surface area contributed by atoms with Crippen LogP contribution in [0.4, 0.5) is 5.69 Å². The van der Waals surface area contributed by atoms with Crippen LogP contribution in [0.5, 0.6) is 0 Å². The fourth-order valence-electron chi connectivity index (χ4n) is 1.86. The Morgan fingerprint density at radius 3 is 2.65 bits per heavy atom. The van der Waals surface area contributed by atoms with Gasteiger partial charge in [0.25, 0.3) is 5.69 Å². The summed E-state index contributed by atoms with van der Waals surface area (Å²) in [5.74, 6) is -1.09. The number of non-ortho nitro benzene ring substituents is 1. The van der Waals surface area contributed by atoms with Crippen molar-refractivity contribution in [2.75, 3.05) is 0 Å². The van der Waals surface area contributed by atoms with Gasteiger partial charge in [-0.05, 0) is 18.1 Å². The minimum atomic E-state index is -1.13. The highest BCUT2D eigenvalue weighted by Crippen LogP contribution is 2.23. The van der Waals surface area contributed by atoms with E-state index in [0.717, 1.165) is 0 Å². The number of carboxylic acids is 1. The van der Waals surface area contributed by atoms with Crippen LogP contribution in [0.3, 0.4) is 0 Å². The lowest BCUT2D eigenvalue weighted by Gasteiger charge is -2.09. The number of nitro benzene ring substituents is 1. The van der Waals surface area contributed by atoms with Crippen LogP contribution in [0, 0.1) is 10.1 Å². The standard InChI is InChI=1S/C13H13N3O4/c1-8(2)12-7-11(13(17)18)14-15(12)9-4-3-5-10(6-9)16(19)20/h3-8H,1-2H3,(H,17,18). The van der Waals surface area contributed by atoms with E-state index >= 15 is 0 Å². The number of aromatic carboxylic acids is 1. The van der Waals surface area contributed by atoms with E-state index in [1.807, 2.05) is 13.8 Å². The average Bonchev–Trinajstić information content (AvgIpc) is 2.84. The average molecular weight is 275 g/mol. The van der Waals surface area contributed by atoms with Crippen LogP contribution in [0.25, 0.3) is 5.69 Å². The fraction of sp³-hybridized carbons (Fsp3) is 0.231. The third kappa shape index (κ3) is 2.51. The van der Waals surface area contributed by atoms with Crippen molar-refractivity contribution in [3.63, 3.8) is 0 Å². The van der Waals surface area contributed by atoms with Gasteiger partial charge < -0.3 is 5.11 Å². The van der Waals surface area contributed by atoms with E-state index in [-0.39, 0.29) is 17.3 Å². The molecule has 1 heterocycles. The lowest BCUT2D eigenvalue weighted by Crippen LogP contribution is -2.05. The molecule has 0 spiro atoms. The first-order valence-electron chi connectivity index (χ1n) is 5.98. The number of rotatable bonds is 4. The summed E-state index contributed by atoms with van der Waals surface area (Å²) in [6.07, 6.45) is 0. The van der Waals surface area contributed by atoms with Crippen molar-refractivity contribution < 1.29 is 14.8 Å². The predicted octanol–water partition coefficient (Wildman–Crippen LogP) is 2.60. The third-order valence-corrected chi connectivity index (χ3v) is 2.83. The maximum atomic E-state index is 11.0. The van der Waals surface area contributed by atoms with Gasteiger partial charge in [0, 0.05) is 17.8 Å². The first kappa shape index (κ1) is 13.7. The maximum absolute atomic E-state index is 11.0. The molecule has 1 aromatic carbocycles. The number of hydrogen-bond acceptors (Lipinski definition) is 4. The van der Waals surface area contributed by atoms with Gasteiger partial charge in [-0.2, -0.15) is 5.10 Å². The number of hydrogen-bond donors (Lipinski definition) is 1. The summed E-state index contributed by atoms with van der Waals surface area (Å²) in [6.45, 7) is 3.80. The molecule has 0 saturated heterocycles. The number of nitro groups is 1. The summed E-state index contributed by atoms with van der Waals surface area (Å²) < 4.78 is 1.43.